The molecule has 11 nitrogen and oxygen atoms in total. The second kappa shape index (κ2) is 12.6. The van der Waals surface area contributed by atoms with E-state index >= 15 is 4.39 Å². The minimum atomic E-state index is -0.400. The van der Waals surface area contributed by atoms with E-state index in [0.29, 0.717) is 75.4 Å². The lowest BCUT2D eigenvalue weighted by Gasteiger charge is -2.47. The summed E-state index contributed by atoms with van der Waals surface area (Å²) in [6, 6.07) is 6.67. The first-order valence-electron chi connectivity index (χ1n) is 18.9. The average Bonchev–Trinajstić information content (AvgIpc) is 3.26. The molecule has 3 N–H and O–H groups in total. The molecule has 1 aromatic heterocycles. The van der Waals surface area contributed by atoms with Gasteiger partial charge in [0.15, 0.2) is 0 Å². The Morgan fingerprint density at radius 1 is 1.09 bits per heavy atom. The molecule has 2 saturated heterocycles. The zero-order valence-corrected chi connectivity index (χ0v) is 31.2. The van der Waals surface area contributed by atoms with Crippen molar-refractivity contribution in [1.82, 2.24) is 19.8 Å². The number of nitrogens with zero attached hydrogens (tertiary/aromatic N) is 7. The van der Waals surface area contributed by atoms with E-state index in [1.54, 1.807) is 38.4 Å². The van der Waals surface area contributed by atoms with E-state index in [2.05, 4.69) is 36.3 Å². The molecule has 54 heavy (non-hydrogen) atoms. The summed E-state index contributed by atoms with van der Waals surface area (Å²) in [5, 5.41) is 17.8. The molecule has 0 spiro atoms. The predicted octanol–water partition coefficient (Wildman–Crippen LogP) is 3.70. The molecule has 9 rings (SSSR count). The van der Waals surface area contributed by atoms with Gasteiger partial charge in [-0.05, 0) is 85.3 Å². The number of ether oxygens (including phenoxy) is 1. The van der Waals surface area contributed by atoms with Gasteiger partial charge in [0, 0.05) is 60.5 Å². The second-order valence-corrected chi connectivity index (χ2v) is 15.8. The molecule has 0 aliphatic carbocycles. The standard InChI is InChI=1S/C42H45FN8O3/c1-22-16-29-36-38(33-23(2)32-30(43)9-8-25-17-27(52)19-28(34(25)32)35(33)37(29)46-24(22)3)47-41(54-21-42-10-6-14-51(42)15-11-42)48-39(36)50-13-7-12-45-26(20-50)18-31(44)40(53)49(4)5/h8-9,16-19,22,24,52H,2,6-7,10-15,20-21,44H2,1,3-5H3/b31-18-. The second-order valence-electron chi connectivity index (χ2n) is 15.8. The van der Waals surface area contributed by atoms with Crippen LogP contribution in [0.2, 0.25) is 0 Å². The smallest absolute Gasteiger partial charge is 0.319 e. The molecule has 4 aromatic carbocycles. The number of amides is 1. The van der Waals surface area contributed by atoms with Crippen LogP contribution in [0.25, 0.3) is 55.9 Å². The van der Waals surface area contributed by atoms with Gasteiger partial charge >= 0.3 is 6.01 Å². The van der Waals surface area contributed by atoms with Crippen molar-refractivity contribution in [1.29, 1.82) is 0 Å². The predicted molar refractivity (Wildman–Crippen MR) is 212 cm³/mol. The maximum atomic E-state index is 16.1. The zero-order valence-electron chi connectivity index (χ0n) is 31.2. The number of aliphatic imine (C=N–C) groups is 1. The Morgan fingerprint density at radius 2 is 1.93 bits per heavy atom. The first-order valence-corrected chi connectivity index (χ1v) is 18.9. The maximum absolute atomic E-state index is 16.1. The summed E-state index contributed by atoms with van der Waals surface area (Å²) in [5.41, 5.74) is 7.61. The van der Waals surface area contributed by atoms with Gasteiger partial charge in [0.1, 0.15) is 24.0 Å². The van der Waals surface area contributed by atoms with Crippen molar-refractivity contribution in [3.8, 4) is 11.8 Å². The summed E-state index contributed by atoms with van der Waals surface area (Å²) in [5.74, 6) is 0.122. The highest BCUT2D eigenvalue weighted by atomic mass is 19.1. The number of carbonyl (C=O) groups excluding carboxylic acids is 1. The number of aromatic nitrogens is 2. The Bertz CT molecular complexity index is 2680. The van der Waals surface area contributed by atoms with Crippen LogP contribution in [0.4, 0.5) is 10.2 Å². The highest BCUT2D eigenvalue weighted by molar-refractivity contribution is 6.26. The molecule has 0 bridgehead atoms. The molecule has 3 atom stereocenters. The molecule has 3 unspecified atom stereocenters. The Morgan fingerprint density at radius 3 is 2.69 bits per heavy atom. The molecule has 4 aliphatic rings. The monoisotopic (exact) mass is 728 g/mol. The lowest BCUT2D eigenvalue weighted by Crippen LogP contribution is -2.59. The van der Waals surface area contributed by atoms with Gasteiger partial charge in [-0.1, -0.05) is 25.6 Å². The van der Waals surface area contributed by atoms with Crippen molar-refractivity contribution in [2.75, 3.05) is 58.3 Å². The van der Waals surface area contributed by atoms with E-state index in [-0.39, 0.29) is 40.9 Å². The first kappa shape index (κ1) is 34.4. The number of nitrogens with two attached hydrogens (primary N) is 1. The molecule has 1 amide bonds. The fraction of sp³-hybridized carbons (Fsp3) is 0.405. The van der Waals surface area contributed by atoms with Gasteiger partial charge in [-0.2, -0.15) is 9.97 Å². The minimum Gasteiger partial charge on any atom is -0.508 e. The number of benzene rings is 4. The summed E-state index contributed by atoms with van der Waals surface area (Å²) in [6.07, 6.45) is 7.89. The number of anilines is 1. The normalized spacial score (nSPS) is 23.1. The van der Waals surface area contributed by atoms with Crippen LogP contribution in [0.3, 0.4) is 0 Å². The Kier molecular flexibility index (Phi) is 8.04. The number of hydrogen-bond acceptors (Lipinski definition) is 10. The number of phenols is 1. The summed E-state index contributed by atoms with van der Waals surface area (Å²) in [4.78, 5) is 39.4. The van der Waals surface area contributed by atoms with Gasteiger partial charge in [-0.25, -0.2) is 4.39 Å². The molecule has 5 aromatic rings. The molecule has 4 aliphatic heterocycles. The van der Waals surface area contributed by atoms with Crippen LogP contribution in [-0.2, 0) is 4.79 Å². The van der Waals surface area contributed by atoms with Crippen LogP contribution in [0.1, 0.15) is 39.5 Å². The number of halogens is 1. The van der Waals surface area contributed by atoms with Gasteiger partial charge in [0.05, 0.1) is 45.8 Å². The Labute approximate surface area is 312 Å². The minimum absolute atomic E-state index is 0.0193. The molecular formula is C42H45FN8O3. The number of hydrogen-bond donors (Lipinski definition) is 2. The van der Waals surface area contributed by atoms with Crippen molar-refractivity contribution in [3.05, 3.63) is 57.7 Å². The number of aromatic hydroxyl groups is 1. The van der Waals surface area contributed by atoms with E-state index in [0.717, 1.165) is 60.1 Å². The van der Waals surface area contributed by atoms with Crippen molar-refractivity contribution in [3.63, 3.8) is 0 Å². The van der Waals surface area contributed by atoms with Crippen molar-refractivity contribution < 1.29 is 19.0 Å². The lowest BCUT2D eigenvalue weighted by molar-refractivity contribution is -0.124. The number of phenolic OH excluding ortho intramolecular Hbond substituents is 1. The molecular weight excluding hydrogens is 684 g/mol. The molecule has 0 radical (unpaired) electrons. The van der Waals surface area contributed by atoms with Crippen LogP contribution in [-0.4, -0.2) is 101 Å². The molecule has 5 heterocycles. The average molecular weight is 729 g/mol. The lowest BCUT2D eigenvalue weighted by atomic mass is 9.86. The third-order valence-corrected chi connectivity index (χ3v) is 12.2. The Hall–Kier alpha value is -5.36. The van der Waals surface area contributed by atoms with E-state index in [4.69, 9.17) is 30.4 Å². The zero-order chi connectivity index (χ0) is 37.6. The fourth-order valence-corrected chi connectivity index (χ4v) is 9.09. The third-order valence-electron chi connectivity index (χ3n) is 12.2. The summed E-state index contributed by atoms with van der Waals surface area (Å²) >= 11 is 0. The van der Waals surface area contributed by atoms with Crippen molar-refractivity contribution >= 4 is 73.3 Å². The maximum Gasteiger partial charge on any atom is 0.319 e. The fourth-order valence-electron chi connectivity index (χ4n) is 9.09. The molecule has 12 heteroatoms. The van der Waals surface area contributed by atoms with Crippen LogP contribution in [0, 0.1) is 11.7 Å². The molecule has 2 fully saturated rings. The third kappa shape index (κ3) is 5.28. The first-order chi connectivity index (χ1) is 25.9. The Balaban J connectivity index is 1.37. The van der Waals surface area contributed by atoms with Gasteiger partial charge < -0.3 is 25.4 Å². The van der Waals surface area contributed by atoms with Gasteiger partial charge in [0.2, 0.25) is 0 Å². The summed E-state index contributed by atoms with van der Waals surface area (Å²) in [7, 11) is 3.33. The van der Waals surface area contributed by atoms with Crippen LogP contribution < -0.4 is 31.2 Å². The van der Waals surface area contributed by atoms with E-state index < -0.39 is 5.82 Å². The topological polar surface area (TPSA) is 133 Å². The van der Waals surface area contributed by atoms with E-state index in [1.807, 2.05) is 0 Å². The van der Waals surface area contributed by atoms with Crippen molar-refractivity contribution in [2.45, 2.75) is 51.1 Å². The highest BCUT2D eigenvalue weighted by Gasteiger charge is 2.48. The highest BCUT2D eigenvalue weighted by Crippen LogP contribution is 2.41. The van der Waals surface area contributed by atoms with Crippen LogP contribution in [0.15, 0.2) is 46.0 Å². The van der Waals surface area contributed by atoms with Crippen LogP contribution >= 0.6 is 0 Å². The number of rotatable bonds is 6. The quantitative estimate of drug-likeness (QED) is 0.154. The largest absolute Gasteiger partial charge is 0.508 e. The summed E-state index contributed by atoms with van der Waals surface area (Å²) < 4.78 is 22.7. The van der Waals surface area contributed by atoms with Crippen molar-refractivity contribution in [2.24, 2.45) is 21.6 Å². The number of likely N-dealkylation sites (N-methyl/N-ethyl adjacent to an activating group) is 1. The van der Waals surface area contributed by atoms with Gasteiger partial charge in [-0.3, -0.25) is 19.7 Å². The van der Waals surface area contributed by atoms with Crippen LogP contribution in [0.5, 0.6) is 11.8 Å². The SMILES string of the molecule is C=c1c2c(F)ccc3cc(O)cc(c4c5c(c6c(N7CCCN=C(/C=C(\N)C(=O)N(C)C)C7)nc(OCC78CCCN7CC8)nc6c14)=CC(C)C(C)N=5)c32. The van der Waals surface area contributed by atoms with Gasteiger partial charge in [0.25, 0.3) is 5.91 Å². The van der Waals surface area contributed by atoms with E-state index in [1.165, 1.54) is 11.0 Å². The summed E-state index contributed by atoms with van der Waals surface area (Å²) in [6.45, 7) is 12.9. The van der Waals surface area contributed by atoms with Gasteiger partial charge in [-0.15, -0.1) is 0 Å². The molecule has 0 saturated carbocycles. The molecule has 278 valence electrons. The number of carbonyl (C=O) groups is 1. The number of fused-ring (bicyclic) bond motifs is 8. The van der Waals surface area contributed by atoms with E-state index in [9.17, 15) is 9.90 Å².